The van der Waals surface area contributed by atoms with Crippen LogP contribution in [0.4, 0.5) is 0 Å². The monoisotopic (exact) mass is 178 g/mol. The Labute approximate surface area is 73.6 Å². The van der Waals surface area contributed by atoms with Crippen LogP contribution < -0.4 is 0 Å². The van der Waals surface area contributed by atoms with Gasteiger partial charge in [-0.1, -0.05) is 18.7 Å². The van der Waals surface area contributed by atoms with E-state index in [9.17, 15) is 0 Å². The minimum atomic E-state index is -0.432. The lowest BCUT2D eigenvalue weighted by molar-refractivity contribution is -0.152. The molecular formula is C8H18O2S. The highest BCUT2D eigenvalue weighted by Gasteiger charge is 2.23. The second-order valence-corrected chi connectivity index (χ2v) is 3.77. The number of rotatable bonds is 6. The van der Waals surface area contributed by atoms with Gasteiger partial charge < -0.3 is 9.47 Å². The van der Waals surface area contributed by atoms with Gasteiger partial charge in [-0.05, 0) is 19.6 Å². The van der Waals surface area contributed by atoms with E-state index in [2.05, 4.69) is 6.92 Å². The normalized spacial score (nSPS) is 12.0. The van der Waals surface area contributed by atoms with Gasteiger partial charge in [0.15, 0.2) is 0 Å². The SMILES string of the molecule is CCOC(C)(OCC)SCC. The van der Waals surface area contributed by atoms with E-state index in [0.29, 0.717) is 13.2 Å². The lowest BCUT2D eigenvalue weighted by Gasteiger charge is -2.27. The summed E-state index contributed by atoms with van der Waals surface area (Å²) in [6, 6.07) is 0. The van der Waals surface area contributed by atoms with E-state index < -0.39 is 5.12 Å². The van der Waals surface area contributed by atoms with Crippen LogP contribution >= 0.6 is 11.8 Å². The van der Waals surface area contributed by atoms with Crippen LogP contribution in [0, 0.1) is 0 Å². The molecule has 3 heteroatoms. The van der Waals surface area contributed by atoms with Crippen molar-refractivity contribution in [2.45, 2.75) is 32.8 Å². The molecule has 0 aliphatic rings. The van der Waals surface area contributed by atoms with Crippen LogP contribution in [0.3, 0.4) is 0 Å². The average molecular weight is 178 g/mol. The van der Waals surface area contributed by atoms with E-state index >= 15 is 0 Å². The molecule has 0 bridgehead atoms. The first-order valence-corrected chi connectivity index (χ1v) is 5.09. The summed E-state index contributed by atoms with van der Waals surface area (Å²) >= 11 is 1.68. The highest BCUT2D eigenvalue weighted by molar-refractivity contribution is 8.00. The molecule has 0 aromatic carbocycles. The molecule has 0 heterocycles. The molecule has 0 atom stereocenters. The fourth-order valence-corrected chi connectivity index (χ4v) is 1.84. The Morgan fingerprint density at radius 1 is 1.09 bits per heavy atom. The fourth-order valence-electron chi connectivity index (χ4n) is 0.912. The summed E-state index contributed by atoms with van der Waals surface area (Å²) in [5, 5.41) is -0.432. The third kappa shape index (κ3) is 4.67. The first kappa shape index (κ1) is 11.3. The molecule has 0 rings (SSSR count). The maximum Gasteiger partial charge on any atom is 0.215 e. The van der Waals surface area contributed by atoms with Crippen LogP contribution in [-0.4, -0.2) is 24.1 Å². The van der Waals surface area contributed by atoms with Gasteiger partial charge >= 0.3 is 0 Å². The average Bonchev–Trinajstić information content (AvgIpc) is 1.88. The van der Waals surface area contributed by atoms with Crippen LogP contribution in [0.5, 0.6) is 0 Å². The minimum absolute atomic E-state index is 0.432. The minimum Gasteiger partial charge on any atom is -0.342 e. The molecular weight excluding hydrogens is 160 g/mol. The molecule has 0 fully saturated rings. The molecule has 11 heavy (non-hydrogen) atoms. The molecule has 0 aromatic rings. The van der Waals surface area contributed by atoms with Crippen molar-refractivity contribution in [1.29, 1.82) is 0 Å². The van der Waals surface area contributed by atoms with Crippen LogP contribution in [0.15, 0.2) is 0 Å². The molecule has 68 valence electrons. The van der Waals surface area contributed by atoms with Gasteiger partial charge in [-0.15, -0.1) is 0 Å². The topological polar surface area (TPSA) is 18.5 Å². The zero-order valence-corrected chi connectivity index (χ0v) is 8.66. The van der Waals surface area contributed by atoms with Crippen molar-refractivity contribution >= 4 is 11.8 Å². The summed E-state index contributed by atoms with van der Waals surface area (Å²) in [7, 11) is 0. The van der Waals surface area contributed by atoms with Gasteiger partial charge in [0.2, 0.25) is 5.12 Å². The third-order valence-corrected chi connectivity index (χ3v) is 2.27. The standard InChI is InChI=1S/C8H18O2S/c1-5-9-8(4,10-6-2)11-7-3/h5-7H2,1-4H3. The van der Waals surface area contributed by atoms with E-state index in [1.807, 2.05) is 20.8 Å². The van der Waals surface area contributed by atoms with Gasteiger partial charge in [-0.25, -0.2) is 0 Å². The van der Waals surface area contributed by atoms with Crippen LogP contribution in [0.2, 0.25) is 0 Å². The zero-order chi connectivity index (χ0) is 8.74. The summed E-state index contributed by atoms with van der Waals surface area (Å²) in [6.45, 7) is 9.42. The van der Waals surface area contributed by atoms with Crippen molar-refractivity contribution in [3.63, 3.8) is 0 Å². The summed E-state index contributed by atoms with van der Waals surface area (Å²) in [6.07, 6.45) is 0. The highest BCUT2D eigenvalue weighted by atomic mass is 32.2. The Balaban J connectivity index is 3.79. The van der Waals surface area contributed by atoms with E-state index in [1.165, 1.54) is 0 Å². The van der Waals surface area contributed by atoms with Gasteiger partial charge in [0.05, 0.1) is 0 Å². The molecule has 0 aliphatic heterocycles. The number of hydrogen-bond acceptors (Lipinski definition) is 3. The van der Waals surface area contributed by atoms with Crippen LogP contribution in [0.25, 0.3) is 0 Å². The first-order valence-electron chi connectivity index (χ1n) is 4.10. The van der Waals surface area contributed by atoms with E-state index in [-0.39, 0.29) is 0 Å². The molecule has 0 saturated heterocycles. The molecule has 2 nitrogen and oxygen atoms in total. The second-order valence-electron chi connectivity index (χ2n) is 2.16. The maximum absolute atomic E-state index is 5.45. The van der Waals surface area contributed by atoms with Crippen molar-refractivity contribution in [3.8, 4) is 0 Å². The number of hydrogen-bond donors (Lipinski definition) is 0. The van der Waals surface area contributed by atoms with Crippen molar-refractivity contribution < 1.29 is 9.47 Å². The number of thioether (sulfide) groups is 1. The molecule has 0 aliphatic carbocycles. The van der Waals surface area contributed by atoms with Crippen molar-refractivity contribution in [2.24, 2.45) is 0 Å². The van der Waals surface area contributed by atoms with Gasteiger partial charge in [-0.3, -0.25) is 0 Å². The summed E-state index contributed by atoms with van der Waals surface area (Å²) in [4.78, 5) is 0. The third-order valence-electron chi connectivity index (χ3n) is 1.22. The summed E-state index contributed by atoms with van der Waals surface area (Å²) in [5.41, 5.74) is 0. The summed E-state index contributed by atoms with van der Waals surface area (Å²) < 4.78 is 10.9. The molecule has 0 spiro atoms. The first-order chi connectivity index (χ1) is 5.18. The highest BCUT2D eigenvalue weighted by Crippen LogP contribution is 2.27. The smallest absolute Gasteiger partial charge is 0.215 e. The molecule has 0 amide bonds. The Morgan fingerprint density at radius 2 is 1.55 bits per heavy atom. The van der Waals surface area contributed by atoms with Crippen LogP contribution in [-0.2, 0) is 9.47 Å². The molecule has 0 unspecified atom stereocenters. The number of ether oxygens (including phenoxy) is 2. The molecule has 0 radical (unpaired) electrons. The van der Waals surface area contributed by atoms with E-state index in [4.69, 9.17) is 9.47 Å². The van der Waals surface area contributed by atoms with Gasteiger partial charge in [0, 0.05) is 20.1 Å². The zero-order valence-electron chi connectivity index (χ0n) is 7.85. The van der Waals surface area contributed by atoms with Crippen molar-refractivity contribution in [2.75, 3.05) is 19.0 Å². The predicted molar refractivity (Wildman–Crippen MR) is 49.8 cm³/mol. The second kappa shape index (κ2) is 5.86. The maximum atomic E-state index is 5.45. The quantitative estimate of drug-likeness (QED) is 0.582. The largest absolute Gasteiger partial charge is 0.342 e. The fraction of sp³-hybridized carbons (Fsp3) is 1.00. The lowest BCUT2D eigenvalue weighted by Crippen LogP contribution is -2.28. The van der Waals surface area contributed by atoms with E-state index in [1.54, 1.807) is 11.8 Å². The van der Waals surface area contributed by atoms with Gasteiger partial charge in [0.1, 0.15) is 0 Å². The predicted octanol–water partition coefficient (Wildman–Crippen LogP) is 2.49. The van der Waals surface area contributed by atoms with Crippen LogP contribution in [0.1, 0.15) is 27.7 Å². The Morgan fingerprint density at radius 3 is 1.82 bits per heavy atom. The van der Waals surface area contributed by atoms with Gasteiger partial charge in [-0.2, -0.15) is 0 Å². The summed E-state index contributed by atoms with van der Waals surface area (Å²) in [5.74, 6) is 1.01. The Bertz CT molecular complexity index is 79.1. The lowest BCUT2D eigenvalue weighted by atomic mass is 10.7. The Hall–Kier alpha value is 0.270. The molecule has 0 N–H and O–H groups in total. The van der Waals surface area contributed by atoms with Gasteiger partial charge in [0.25, 0.3) is 0 Å². The van der Waals surface area contributed by atoms with E-state index in [0.717, 1.165) is 5.75 Å². The molecule has 0 aromatic heterocycles. The van der Waals surface area contributed by atoms with Crippen molar-refractivity contribution in [3.05, 3.63) is 0 Å². The van der Waals surface area contributed by atoms with Crippen molar-refractivity contribution in [1.82, 2.24) is 0 Å². The Kier molecular flexibility index (Phi) is 6.01. The molecule has 0 saturated carbocycles.